The Kier molecular flexibility index (Phi) is 3.48. The lowest BCUT2D eigenvalue weighted by Crippen LogP contribution is -2.15. The highest BCUT2D eigenvalue weighted by molar-refractivity contribution is 5.75. The van der Waals surface area contributed by atoms with Gasteiger partial charge in [0.05, 0.1) is 24.7 Å². The number of H-pyrrole nitrogens is 1. The van der Waals surface area contributed by atoms with Gasteiger partial charge in [0.15, 0.2) is 5.82 Å². The van der Waals surface area contributed by atoms with Gasteiger partial charge in [-0.15, -0.1) is 0 Å². The number of benzene rings is 1. The highest BCUT2D eigenvalue weighted by Crippen LogP contribution is 2.30. The van der Waals surface area contributed by atoms with Gasteiger partial charge < -0.3 is 14.3 Å². The van der Waals surface area contributed by atoms with Gasteiger partial charge in [0.2, 0.25) is 0 Å². The molecule has 1 aliphatic rings. The van der Waals surface area contributed by atoms with Crippen LogP contribution in [0.3, 0.4) is 0 Å². The number of aromatic nitrogens is 4. The molecule has 0 saturated carbocycles. The molecular weight excluding hydrogens is 276 g/mol. The zero-order chi connectivity index (χ0) is 14.8. The van der Waals surface area contributed by atoms with E-state index in [1.54, 1.807) is 6.20 Å². The number of nitrogens with one attached hydrogen (secondary N) is 1. The highest BCUT2D eigenvalue weighted by Gasteiger charge is 2.21. The Balaban J connectivity index is 1.77. The van der Waals surface area contributed by atoms with Gasteiger partial charge in [-0.25, -0.2) is 9.97 Å². The molecular formula is C17H18N4O. The van der Waals surface area contributed by atoms with Crippen molar-refractivity contribution < 1.29 is 4.74 Å². The van der Waals surface area contributed by atoms with Crippen molar-refractivity contribution in [2.75, 3.05) is 6.61 Å². The van der Waals surface area contributed by atoms with Crippen LogP contribution in [0.15, 0.2) is 49.1 Å². The van der Waals surface area contributed by atoms with Crippen LogP contribution in [0.25, 0.3) is 22.8 Å². The predicted molar refractivity (Wildman–Crippen MR) is 84.2 cm³/mol. The van der Waals surface area contributed by atoms with E-state index in [-0.39, 0.29) is 6.10 Å². The smallest absolute Gasteiger partial charge is 0.156 e. The monoisotopic (exact) mass is 294 g/mol. The first-order valence-corrected chi connectivity index (χ1v) is 7.64. The minimum absolute atomic E-state index is 0.270. The van der Waals surface area contributed by atoms with Gasteiger partial charge in [0.25, 0.3) is 0 Å². The average molecular weight is 294 g/mol. The second-order valence-electron chi connectivity index (χ2n) is 5.53. The van der Waals surface area contributed by atoms with E-state index in [1.807, 2.05) is 30.7 Å². The summed E-state index contributed by atoms with van der Waals surface area (Å²) in [4.78, 5) is 12.3. The number of aromatic amines is 1. The molecule has 22 heavy (non-hydrogen) atoms. The molecule has 1 aromatic carbocycles. The van der Waals surface area contributed by atoms with E-state index in [0.717, 1.165) is 48.8 Å². The molecule has 0 spiro atoms. The summed E-state index contributed by atoms with van der Waals surface area (Å²) in [5.41, 5.74) is 3.07. The largest absolute Gasteiger partial charge is 0.376 e. The fraction of sp³-hybridized carbons (Fsp3) is 0.294. The lowest BCUT2D eigenvalue weighted by Gasteiger charge is -2.13. The summed E-state index contributed by atoms with van der Waals surface area (Å²) < 4.78 is 7.91. The Morgan fingerprint density at radius 1 is 1.23 bits per heavy atom. The van der Waals surface area contributed by atoms with Crippen molar-refractivity contribution in [2.45, 2.75) is 25.5 Å². The van der Waals surface area contributed by atoms with E-state index >= 15 is 0 Å². The van der Waals surface area contributed by atoms with Crippen molar-refractivity contribution in [1.29, 1.82) is 0 Å². The van der Waals surface area contributed by atoms with Crippen molar-refractivity contribution in [3.8, 4) is 22.8 Å². The number of imidazole rings is 2. The van der Waals surface area contributed by atoms with Crippen LogP contribution >= 0.6 is 0 Å². The van der Waals surface area contributed by atoms with Gasteiger partial charge in [-0.1, -0.05) is 30.3 Å². The first-order valence-electron chi connectivity index (χ1n) is 7.64. The van der Waals surface area contributed by atoms with Crippen LogP contribution in [0.5, 0.6) is 0 Å². The fourth-order valence-electron chi connectivity index (χ4n) is 2.98. The zero-order valence-electron chi connectivity index (χ0n) is 12.3. The molecule has 3 heterocycles. The second-order valence-corrected chi connectivity index (χ2v) is 5.53. The standard InChI is InChI=1S/C17H18N4O/c1-2-5-13(6-3-1)15-16(17-18-8-9-19-17)21(12-20-15)11-14-7-4-10-22-14/h1-3,5-6,8-9,12,14H,4,7,10-11H2,(H,18,19)/t14-/m0/s1. The summed E-state index contributed by atoms with van der Waals surface area (Å²) in [6.45, 7) is 1.68. The van der Waals surface area contributed by atoms with Gasteiger partial charge >= 0.3 is 0 Å². The highest BCUT2D eigenvalue weighted by atomic mass is 16.5. The number of rotatable bonds is 4. The van der Waals surface area contributed by atoms with Crippen LogP contribution in [0.1, 0.15) is 12.8 Å². The number of ether oxygens (including phenoxy) is 1. The van der Waals surface area contributed by atoms with Crippen LogP contribution in [0.4, 0.5) is 0 Å². The molecule has 0 bridgehead atoms. The molecule has 112 valence electrons. The Bertz CT molecular complexity index is 727. The minimum Gasteiger partial charge on any atom is -0.376 e. The maximum Gasteiger partial charge on any atom is 0.156 e. The van der Waals surface area contributed by atoms with E-state index in [9.17, 15) is 0 Å². The predicted octanol–water partition coefficient (Wildman–Crippen LogP) is 3.12. The van der Waals surface area contributed by atoms with Crippen LogP contribution in [-0.2, 0) is 11.3 Å². The molecule has 5 heteroatoms. The van der Waals surface area contributed by atoms with Crippen molar-refractivity contribution >= 4 is 0 Å². The minimum atomic E-state index is 0.270. The Morgan fingerprint density at radius 2 is 2.14 bits per heavy atom. The third-order valence-electron chi connectivity index (χ3n) is 4.03. The van der Waals surface area contributed by atoms with Gasteiger partial charge in [0, 0.05) is 24.6 Å². The number of hydrogen-bond donors (Lipinski definition) is 1. The third kappa shape index (κ3) is 2.44. The van der Waals surface area contributed by atoms with Crippen LogP contribution in [-0.4, -0.2) is 32.2 Å². The zero-order valence-corrected chi connectivity index (χ0v) is 12.3. The lowest BCUT2D eigenvalue weighted by atomic mass is 10.1. The molecule has 1 N–H and O–H groups in total. The van der Waals surface area contributed by atoms with Crippen molar-refractivity contribution in [2.24, 2.45) is 0 Å². The molecule has 4 rings (SSSR count). The second kappa shape index (κ2) is 5.77. The first kappa shape index (κ1) is 13.3. The lowest BCUT2D eigenvalue weighted by molar-refractivity contribution is 0.0973. The van der Waals surface area contributed by atoms with Crippen molar-refractivity contribution in [3.63, 3.8) is 0 Å². The maximum atomic E-state index is 5.76. The quantitative estimate of drug-likeness (QED) is 0.804. The van der Waals surface area contributed by atoms with Gasteiger partial charge in [-0.2, -0.15) is 0 Å². The molecule has 1 aliphatic heterocycles. The summed E-state index contributed by atoms with van der Waals surface area (Å²) >= 11 is 0. The molecule has 2 aromatic heterocycles. The van der Waals surface area contributed by atoms with Crippen LogP contribution < -0.4 is 0 Å². The molecule has 0 radical (unpaired) electrons. The molecule has 1 fully saturated rings. The fourth-order valence-corrected chi connectivity index (χ4v) is 2.98. The topological polar surface area (TPSA) is 55.7 Å². The summed E-state index contributed by atoms with van der Waals surface area (Å²) in [5.74, 6) is 0.842. The Labute approximate surface area is 129 Å². The maximum absolute atomic E-state index is 5.76. The normalized spacial score (nSPS) is 17.9. The summed E-state index contributed by atoms with van der Waals surface area (Å²) in [5, 5.41) is 0. The first-order chi connectivity index (χ1) is 10.9. The van der Waals surface area contributed by atoms with E-state index in [0.29, 0.717) is 0 Å². The van der Waals surface area contributed by atoms with E-state index < -0.39 is 0 Å². The van der Waals surface area contributed by atoms with E-state index in [4.69, 9.17) is 4.74 Å². The summed E-state index contributed by atoms with van der Waals surface area (Å²) in [6, 6.07) is 10.2. The molecule has 0 aliphatic carbocycles. The number of hydrogen-bond acceptors (Lipinski definition) is 3. The van der Waals surface area contributed by atoms with Gasteiger partial charge in [0.1, 0.15) is 5.69 Å². The Hall–Kier alpha value is -2.40. The Morgan fingerprint density at radius 3 is 2.86 bits per heavy atom. The van der Waals surface area contributed by atoms with Crippen molar-refractivity contribution in [3.05, 3.63) is 49.1 Å². The third-order valence-corrected chi connectivity index (χ3v) is 4.03. The number of nitrogens with zero attached hydrogens (tertiary/aromatic N) is 3. The molecule has 5 nitrogen and oxygen atoms in total. The van der Waals surface area contributed by atoms with E-state index in [1.165, 1.54) is 0 Å². The molecule has 3 aromatic rings. The molecule has 1 saturated heterocycles. The average Bonchev–Trinajstić information content (AvgIpc) is 3.30. The van der Waals surface area contributed by atoms with E-state index in [2.05, 4.69) is 31.7 Å². The van der Waals surface area contributed by atoms with Crippen LogP contribution in [0.2, 0.25) is 0 Å². The molecule has 0 amide bonds. The molecule has 0 unspecified atom stereocenters. The van der Waals surface area contributed by atoms with Gasteiger partial charge in [-0.05, 0) is 12.8 Å². The van der Waals surface area contributed by atoms with Crippen molar-refractivity contribution in [1.82, 2.24) is 19.5 Å². The summed E-state index contributed by atoms with van der Waals surface area (Å²) in [6.07, 6.45) is 8.02. The van der Waals surface area contributed by atoms with Gasteiger partial charge in [-0.3, -0.25) is 0 Å². The van der Waals surface area contributed by atoms with Crippen LogP contribution in [0, 0.1) is 0 Å². The molecule has 1 atom stereocenters. The summed E-state index contributed by atoms with van der Waals surface area (Å²) in [7, 11) is 0. The SMILES string of the molecule is c1ccc(-c2ncn(C[C@@H]3CCCO3)c2-c2ncc[nH]2)cc1.